The fraction of sp³-hybridized carbons (Fsp3) is 0.625. The van der Waals surface area contributed by atoms with Gasteiger partial charge in [-0.2, -0.15) is 5.26 Å². The summed E-state index contributed by atoms with van der Waals surface area (Å²) in [5.41, 5.74) is 4.96. The summed E-state index contributed by atoms with van der Waals surface area (Å²) in [7, 11) is 0. The highest BCUT2D eigenvalue weighted by Crippen LogP contribution is 1.87. The van der Waals surface area contributed by atoms with E-state index >= 15 is 0 Å². The van der Waals surface area contributed by atoms with Crippen molar-refractivity contribution in [3.05, 3.63) is 0 Å². The van der Waals surface area contributed by atoms with Gasteiger partial charge in [0.1, 0.15) is 6.54 Å². The third-order valence-electron chi connectivity index (χ3n) is 1.48. The van der Waals surface area contributed by atoms with Crippen LogP contribution in [0.4, 0.5) is 0 Å². The number of nitrogens with one attached hydrogen (secondary N) is 2. The second-order valence-electron chi connectivity index (χ2n) is 2.89. The van der Waals surface area contributed by atoms with E-state index in [1.54, 1.807) is 13.0 Å². The molecule has 4 N–H and O–H groups in total. The Morgan fingerprint density at radius 3 is 2.71 bits per heavy atom. The molecule has 78 valence electrons. The lowest BCUT2D eigenvalue weighted by molar-refractivity contribution is -0.121. The first-order valence-electron chi connectivity index (χ1n) is 4.21. The Kier molecular flexibility index (Phi) is 6.07. The van der Waals surface area contributed by atoms with Gasteiger partial charge in [-0.1, -0.05) is 0 Å². The molecule has 0 saturated carbocycles. The highest BCUT2D eigenvalue weighted by Gasteiger charge is 2.07. The molecular weight excluding hydrogens is 184 g/mol. The Hall–Kier alpha value is -1.61. The van der Waals surface area contributed by atoms with Crippen LogP contribution in [0, 0.1) is 11.3 Å². The molecule has 6 heteroatoms. The number of rotatable bonds is 6. The predicted octanol–water partition coefficient (Wildman–Crippen LogP) is -1.52. The first-order valence-corrected chi connectivity index (χ1v) is 4.21. The molecule has 0 aromatic carbocycles. The van der Waals surface area contributed by atoms with Crippen molar-refractivity contribution in [3.8, 4) is 6.07 Å². The molecule has 0 heterocycles. The molecule has 14 heavy (non-hydrogen) atoms. The molecule has 0 aliphatic heterocycles. The summed E-state index contributed by atoms with van der Waals surface area (Å²) in [4.78, 5) is 21.4. The lowest BCUT2D eigenvalue weighted by atomic mass is 10.2. The number of amides is 2. The molecule has 0 aliphatic carbocycles. The molecule has 6 nitrogen and oxygen atoms in total. The van der Waals surface area contributed by atoms with E-state index in [9.17, 15) is 9.59 Å². The smallest absolute Gasteiger partial charge is 0.234 e. The molecule has 0 bridgehead atoms. The fourth-order valence-electron chi connectivity index (χ4n) is 0.841. The van der Waals surface area contributed by atoms with Crippen LogP contribution in [0.3, 0.4) is 0 Å². The number of hydrogen-bond acceptors (Lipinski definition) is 4. The van der Waals surface area contributed by atoms with Gasteiger partial charge in [0.05, 0.1) is 12.6 Å². The van der Waals surface area contributed by atoms with Crippen LogP contribution >= 0.6 is 0 Å². The average molecular weight is 198 g/mol. The van der Waals surface area contributed by atoms with Gasteiger partial charge in [0.15, 0.2) is 0 Å². The SMILES string of the molecule is CC(CC(N)=O)NCC(=O)NCC#N. The highest BCUT2D eigenvalue weighted by molar-refractivity contribution is 5.78. The van der Waals surface area contributed by atoms with Gasteiger partial charge >= 0.3 is 0 Å². The lowest BCUT2D eigenvalue weighted by Gasteiger charge is -2.10. The van der Waals surface area contributed by atoms with Crippen molar-refractivity contribution in [1.29, 1.82) is 5.26 Å². The monoisotopic (exact) mass is 198 g/mol. The summed E-state index contributed by atoms with van der Waals surface area (Å²) in [5.74, 6) is -0.690. The third kappa shape index (κ3) is 7.06. The second kappa shape index (κ2) is 6.86. The van der Waals surface area contributed by atoms with Crippen molar-refractivity contribution in [3.63, 3.8) is 0 Å². The Labute approximate surface area is 82.4 Å². The maximum atomic E-state index is 11.0. The zero-order chi connectivity index (χ0) is 11.0. The molecule has 0 saturated heterocycles. The van der Waals surface area contributed by atoms with Gasteiger partial charge in [-0.15, -0.1) is 0 Å². The Morgan fingerprint density at radius 1 is 1.57 bits per heavy atom. The van der Waals surface area contributed by atoms with Gasteiger partial charge < -0.3 is 16.4 Å². The molecule has 0 rings (SSSR count). The summed E-state index contributed by atoms with van der Waals surface area (Å²) in [5, 5.41) is 13.3. The largest absolute Gasteiger partial charge is 0.370 e. The van der Waals surface area contributed by atoms with Crippen LogP contribution in [0.25, 0.3) is 0 Å². The van der Waals surface area contributed by atoms with Gasteiger partial charge in [0, 0.05) is 12.5 Å². The topological polar surface area (TPSA) is 108 Å². The standard InChI is InChI=1S/C8H14N4O2/c1-6(4-7(10)13)12-5-8(14)11-3-2-9/h6,12H,3-5H2,1H3,(H2,10,13)(H,11,14). The van der Waals surface area contributed by atoms with Crippen LogP contribution in [-0.4, -0.2) is 30.9 Å². The van der Waals surface area contributed by atoms with E-state index in [1.165, 1.54) is 0 Å². The third-order valence-corrected chi connectivity index (χ3v) is 1.48. The van der Waals surface area contributed by atoms with Crippen molar-refractivity contribution in [2.24, 2.45) is 5.73 Å². The molecule has 0 aliphatic rings. The van der Waals surface area contributed by atoms with Crippen LogP contribution in [-0.2, 0) is 9.59 Å². The zero-order valence-electron chi connectivity index (χ0n) is 8.04. The average Bonchev–Trinajstić information content (AvgIpc) is 2.10. The van der Waals surface area contributed by atoms with Crippen molar-refractivity contribution >= 4 is 11.8 Å². The summed E-state index contributed by atoms with van der Waals surface area (Å²) >= 11 is 0. The Morgan fingerprint density at radius 2 is 2.21 bits per heavy atom. The van der Waals surface area contributed by atoms with E-state index in [2.05, 4.69) is 10.6 Å². The number of nitrogens with two attached hydrogens (primary N) is 1. The summed E-state index contributed by atoms with van der Waals surface area (Å²) in [6.07, 6.45) is 0.186. The number of nitrogens with zero attached hydrogens (tertiary/aromatic N) is 1. The quantitative estimate of drug-likeness (QED) is 0.450. The van der Waals surface area contributed by atoms with E-state index in [-0.39, 0.29) is 31.5 Å². The van der Waals surface area contributed by atoms with Crippen LogP contribution in [0.1, 0.15) is 13.3 Å². The van der Waals surface area contributed by atoms with E-state index in [0.717, 1.165) is 0 Å². The number of carbonyl (C=O) groups is 2. The molecular formula is C8H14N4O2. The minimum absolute atomic E-state index is 0.00921. The molecule has 2 amide bonds. The maximum absolute atomic E-state index is 11.0. The lowest BCUT2D eigenvalue weighted by Crippen LogP contribution is -2.39. The van der Waals surface area contributed by atoms with Crippen LogP contribution in [0.2, 0.25) is 0 Å². The first kappa shape index (κ1) is 12.4. The van der Waals surface area contributed by atoms with Gasteiger partial charge in [-0.3, -0.25) is 9.59 Å². The van der Waals surface area contributed by atoms with Crippen molar-refractivity contribution < 1.29 is 9.59 Å². The molecule has 0 radical (unpaired) electrons. The Bertz CT molecular complexity index is 246. The molecule has 0 aromatic rings. The minimum Gasteiger partial charge on any atom is -0.370 e. The number of hydrogen-bond donors (Lipinski definition) is 3. The highest BCUT2D eigenvalue weighted by atomic mass is 16.2. The number of carbonyl (C=O) groups excluding carboxylic acids is 2. The van der Waals surface area contributed by atoms with Crippen LogP contribution < -0.4 is 16.4 Å². The summed E-state index contributed by atoms with van der Waals surface area (Å²) in [6.45, 7) is 1.82. The van der Waals surface area contributed by atoms with E-state index < -0.39 is 5.91 Å². The van der Waals surface area contributed by atoms with E-state index in [1.807, 2.05) is 0 Å². The van der Waals surface area contributed by atoms with Gasteiger partial charge in [-0.25, -0.2) is 0 Å². The van der Waals surface area contributed by atoms with Gasteiger partial charge in [0.2, 0.25) is 11.8 Å². The van der Waals surface area contributed by atoms with Crippen molar-refractivity contribution in [2.75, 3.05) is 13.1 Å². The fourth-order valence-corrected chi connectivity index (χ4v) is 0.841. The molecule has 1 unspecified atom stereocenters. The molecule has 1 atom stereocenters. The van der Waals surface area contributed by atoms with E-state index in [4.69, 9.17) is 11.0 Å². The minimum atomic E-state index is -0.414. The van der Waals surface area contributed by atoms with Gasteiger partial charge in [0.25, 0.3) is 0 Å². The summed E-state index contributed by atoms with van der Waals surface area (Å²) < 4.78 is 0. The number of nitriles is 1. The molecule has 0 spiro atoms. The van der Waals surface area contributed by atoms with Crippen molar-refractivity contribution in [2.45, 2.75) is 19.4 Å². The predicted molar refractivity (Wildman–Crippen MR) is 49.9 cm³/mol. The van der Waals surface area contributed by atoms with Crippen molar-refractivity contribution in [1.82, 2.24) is 10.6 Å². The van der Waals surface area contributed by atoms with Crippen LogP contribution in [0.15, 0.2) is 0 Å². The van der Waals surface area contributed by atoms with Crippen LogP contribution in [0.5, 0.6) is 0 Å². The molecule has 0 fully saturated rings. The zero-order valence-corrected chi connectivity index (χ0v) is 8.04. The Balaban J connectivity index is 3.56. The van der Waals surface area contributed by atoms with Gasteiger partial charge in [-0.05, 0) is 6.92 Å². The second-order valence-corrected chi connectivity index (χ2v) is 2.89. The first-order chi connectivity index (χ1) is 6.56. The normalized spacial score (nSPS) is 11.4. The summed E-state index contributed by atoms with van der Waals surface area (Å²) in [6, 6.07) is 1.65. The van der Waals surface area contributed by atoms with E-state index in [0.29, 0.717) is 0 Å². The number of primary amides is 1. The maximum Gasteiger partial charge on any atom is 0.234 e. The molecule has 0 aromatic heterocycles.